The molecule has 3 rings (SSSR count). The average Bonchev–Trinajstić information content (AvgIpc) is 3.07. The number of benzene rings is 1. The Morgan fingerprint density at radius 1 is 1.27 bits per heavy atom. The van der Waals surface area contributed by atoms with Crippen LogP contribution in [0, 0.1) is 0 Å². The summed E-state index contributed by atoms with van der Waals surface area (Å²) in [6.07, 6.45) is 1.90. The molecule has 0 bridgehead atoms. The number of carbonyl (C=O) groups excluding carboxylic acids is 2. The Labute approximate surface area is 152 Å². The highest BCUT2D eigenvalue weighted by molar-refractivity contribution is 5.95. The third-order valence-electron chi connectivity index (χ3n) is 5.14. The first kappa shape index (κ1) is 18.6. The van der Waals surface area contributed by atoms with Crippen LogP contribution in [0.1, 0.15) is 36.8 Å². The third-order valence-corrected chi connectivity index (χ3v) is 5.14. The predicted molar refractivity (Wildman–Crippen MR) is 96.7 cm³/mol. The molecule has 0 unspecified atom stereocenters. The van der Waals surface area contributed by atoms with Crippen molar-refractivity contribution in [2.75, 3.05) is 25.0 Å². The van der Waals surface area contributed by atoms with Gasteiger partial charge in [-0.05, 0) is 55.4 Å². The molecular formula is C19H26FN3O3. The lowest BCUT2D eigenvalue weighted by Crippen LogP contribution is -2.40. The monoisotopic (exact) mass is 363 g/mol. The lowest BCUT2D eigenvalue weighted by atomic mass is 10.1. The molecule has 1 saturated heterocycles. The zero-order valence-corrected chi connectivity index (χ0v) is 14.9. The largest absolute Gasteiger partial charge is 0.436 e. The molecule has 0 saturated carbocycles. The molecule has 0 radical (unpaired) electrons. The number of carbonyl (C=O) groups is 2. The van der Waals surface area contributed by atoms with E-state index in [0.717, 1.165) is 19.3 Å². The second kappa shape index (κ2) is 8.49. The van der Waals surface area contributed by atoms with Gasteiger partial charge in [0.25, 0.3) is 5.91 Å². The molecule has 1 heterocycles. The van der Waals surface area contributed by atoms with Crippen LogP contribution in [0.4, 0.5) is 14.9 Å². The minimum atomic E-state index is -0.971. The summed E-state index contributed by atoms with van der Waals surface area (Å²) in [5.74, 6) is -0.387. The first-order valence-electron chi connectivity index (χ1n) is 9.26. The molecule has 142 valence electrons. The molecule has 1 atom stereocenters. The number of rotatable bonds is 6. The van der Waals surface area contributed by atoms with Crippen LogP contribution in [0.15, 0.2) is 18.2 Å². The van der Waals surface area contributed by atoms with Gasteiger partial charge in [-0.15, -0.1) is 0 Å². The maximum Gasteiger partial charge on any atom is 0.405 e. The van der Waals surface area contributed by atoms with Crippen molar-refractivity contribution in [2.45, 2.75) is 50.8 Å². The van der Waals surface area contributed by atoms with E-state index in [0.29, 0.717) is 44.6 Å². The molecule has 0 spiro atoms. The summed E-state index contributed by atoms with van der Waals surface area (Å²) in [6, 6.07) is 5.88. The van der Waals surface area contributed by atoms with Gasteiger partial charge in [-0.1, -0.05) is 6.07 Å². The summed E-state index contributed by atoms with van der Waals surface area (Å²) in [6.45, 7) is 1.86. The van der Waals surface area contributed by atoms with E-state index in [1.807, 2.05) is 18.2 Å². The second-order valence-corrected chi connectivity index (χ2v) is 7.06. The van der Waals surface area contributed by atoms with Crippen LogP contribution in [-0.4, -0.2) is 48.8 Å². The molecule has 26 heavy (non-hydrogen) atoms. The van der Waals surface area contributed by atoms with Crippen LogP contribution in [0.25, 0.3) is 0 Å². The minimum Gasteiger partial charge on any atom is -0.436 e. The molecule has 1 aliphatic heterocycles. The van der Waals surface area contributed by atoms with E-state index >= 15 is 0 Å². The van der Waals surface area contributed by atoms with Crippen molar-refractivity contribution >= 4 is 17.7 Å². The second-order valence-electron chi connectivity index (χ2n) is 7.06. The first-order valence-corrected chi connectivity index (χ1v) is 9.26. The molecular weight excluding hydrogens is 337 g/mol. The van der Waals surface area contributed by atoms with Crippen LogP contribution in [-0.2, 0) is 22.4 Å². The van der Waals surface area contributed by atoms with Crippen LogP contribution in [0.3, 0.4) is 0 Å². The third kappa shape index (κ3) is 4.94. The number of fused-ring (bicyclic) bond motifs is 1. The number of hydrogen-bond donors (Lipinski definition) is 2. The summed E-state index contributed by atoms with van der Waals surface area (Å²) in [5, 5.41) is 2.82. The Balaban J connectivity index is 1.57. The summed E-state index contributed by atoms with van der Waals surface area (Å²) >= 11 is 0. The number of ether oxygens (including phenoxy) is 1. The molecule has 2 amide bonds. The van der Waals surface area contributed by atoms with Gasteiger partial charge in [0.2, 0.25) is 0 Å². The Morgan fingerprint density at radius 3 is 2.73 bits per heavy atom. The number of nitrogens with two attached hydrogens (primary N) is 1. The highest BCUT2D eigenvalue weighted by atomic mass is 19.1. The van der Waals surface area contributed by atoms with Crippen molar-refractivity contribution in [1.29, 1.82) is 0 Å². The van der Waals surface area contributed by atoms with Crippen molar-refractivity contribution in [3.05, 3.63) is 29.3 Å². The van der Waals surface area contributed by atoms with E-state index in [2.05, 4.69) is 10.2 Å². The lowest BCUT2D eigenvalue weighted by Gasteiger charge is -2.29. The lowest BCUT2D eigenvalue weighted by molar-refractivity contribution is -0.124. The number of alkyl halides is 1. The van der Waals surface area contributed by atoms with E-state index in [1.165, 1.54) is 11.1 Å². The van der Waals surface area contributed by atoms with Gasteiger partial charge >= 0.3 is 6.09 Å². The number of nitrogens with zero attached hydrogens (tertiary/aromatic N) is 1. The van der Waals surface area contributed by atoms with E-state index in [1.54, 1.807) is 0 Å². The number of halogens is 1. The fourth-order valence-electron chi connectivity index (χ4n) is 3.68. The molecule has 1 fully saturated rings. The summed E-state index contributed by atoms with van der Waals surface area (Å²) in [7, 11) is 0. The van der Waals surface area contributed by atoms with Gasteiger partial charge in [-0.3, -0.25) is 4.79 Å². The van der Waals surface area contributed by atoms with Crippen LogP contribution in [0.5, 0.6) is 0 Å². The number of amides is 2. The molecule has 1 aromatic carbocycles. The Hall–Kier alpha value is -2.15. The maximum atomic E-state index is 13.2. The standard InChI is InChI=1S/C19H26FN3O3/c20-15-6-9-23(10-7-15)11-8-17(26-19(21)25)18(24)22-16-5-4-13-2-1-3-14(13)12-16/h4-5,12,15,17H,1-3,6-11H2,(H2,21,25)(H,22,24)/t17-/m0/s1. The first-order chi connectivity index (χ1) is 12.5. The van der Waals surface area contributed by atoms with Gasteiger partial charge in [0.05, 0.1) is 0 Å². The number of likely N-dealkylation sites (tertiary alicyclic amines) is 1. The van der Waals surface area contributed by atoms with E-state index < -0.39 is 18.4 Å². The zero-order chi connectivity index (χ0) is 18.5. The molecule has 3 N–H and O–H groups in total. The van der Waals surface area contributed by atoms with Gasteiger partial charge in [0.1, 0.15) is 6.17 Å². The van der Waals surface area contributed by atoms with Gasteiger partial charge < -0.3 is 20.7 Å². The fourth-order valence-corrected chi connectivity index (χ4v) is 3.68. The number of aryl methyl sites for hydroxylation is 2. The highest BCUT2D eigenvalue weighted by Gasteiger charge is 2.25. The maximum absolute atomic E-state index is 13.2. The Morgan fingerprint density at radius 2 is 2.00 bits per heavy atom. The van der Waals surface area contributed by atoms with Crippen LogP contribution >= 0.6 is 0 Å². The SMILES string of the molecule is NC(=O)O[C@@H](CCN1CCC(F)CC1)C(=O)Nc1ccc2c(c1)CCC2. The number of anilines is 1. The summed E-state index contributed by atoms with van der Waals surface area (Å²) in [4.78, 5) is 25.8. The van der Waals surface area contributed by atoms with Gasteiger partial charge in [-0.2, -0.15) is 0 Å². The van der Waals surface area contributed by atoms with Crippen LogP contribution < -0.4 is 11.1 Å². The molecule has 2 aliphatic rings. The molecule has 1 aliphatic carbocycles. The molecule has 0 aromatic heterocycles. The molecule has 1 aromatic rings. The zero-order valence-electron chi connectivity index (χ0n) is 14.9. The Kier molecular flexibility index (Phi) is 6.08. The number of primary amides is 1. The summed E-state index contributed by atoms with van der Waals surface area (Å²) < 4.78 is 18.2. The van der Waals surface area contributed by atoms with Crippen molar-refractivity contribution < 1.29 is 18.7 Å². The number of hydrogen-bond acceptors (Lipinski definition) is 4. The average molecular weight is 363 g/mol. The van der Waals surface area contributed by atoms with Crippen molar-refractivity contribution in [3.8, 4) is 0 Å². The van der Waals surface area contributed by atoms with E-state index in [9.17, 15) is 14.0 Å². The molecule has 6 nitrogen and oxygen atoms in total. The van der Waals surface area contributed by atoms with E-state index in [4.69, 9.17) is 10.5 Å². The predicted octanol–water partition coefficient (Wildman–Crippen LogP) is 2.40. The van der Waals surface area contributed by atoms with Gasteiger partial charge in [0.15, 0.2) is 6.10 Å². The van der Waals surface area contributed by atoms with Crippen molar-refractivity contribution in [3.63, 3.8) is 0 Å². The van der Waals surface area contributed by atoms with Crippen LogP contribution in [0.2, 0.25) is 0 Å². The van der Waals surface area contributed by atoms with Crippen molar-refractivity contribution in [2.24, 2.45) is 5.73 Å². The van der Waals surface area contributed by atoms with Crippen molar-refractivity contribution in [1.82, 2.24) is 4.90 Å². The summed E-state index contributed by atoms with van der Waals surface area (Å²) in [5.41, 5.74) is 8.40. The number of nitrogens with one attached hydrogen (secondary N) is 1. The topological polar surface area (TPSA) is 84.7 Å². The quantitative estimate of drug-likeness (QED) is 0.813. The Bertz CT molecular complexity index is 659. The number of piperidine rings is 1. The highest BCUT2D eigenvalue weighted by Crippen LogP contribution is 2.25. The van der Waals surface area contributed by atoms with Gasteiger partial charge in [-0.25, -0.2) is 9.18 Å². The van der Waals surface area contributed by atoms with Gasteiger partial charge in [0, 0.05) is 31.7 Å². The van der Waals surface area contributed by atoms with E-state index in [-0.39, 0.29) is 5.91 Å². The smallest absolute Gasteiger partial charge is 0.405 e. The fraction of sp³-hybridized carbons (Fsp3) is 0.579. The molecule has 7 heteroatoms. The normalized spacial score (nSPS) is 19.0. The minimum absolute atomic E-state index is 0.330.